The highest BCUT2D eigenvalue weighted by molar-refractivity contribution is 8.76. The lowest BCUT2D eigenvalue weighted by Gasteiger charge is -2.06. The van der Waals surface area contributed by atoms with Gasteiger partial charge in [-0.25, -0.2) is 0 Å². The summed E-state index contributed by atoms with van der Waals surface area (Å²) in [7, 11) is 3.81. The average molecular weight is 441 g/mol. The van der Waals surface area contributed by atoms with E-state index in [1.54, 1.807) is 23.5 Å². The molecule has 3 aromatic rings. The van der Waals surface area contributed by atoms with Crippen LogP contribution in [0, 0.1) is 0 Å². The summed E-state index contributed by atoms with van der Waals surface area (Å²) in [4.78, 5) is 14.7. The van der Waals surface area contributed by atoms with E-state index in [-0.39, 0.29) is 5.43 Å². The van der Waals surface area contributed by atoms with Gasteiger partial charge in [-0.15, -0.1) is 23.5 Å². The molecular formula is C23H20OS4. The van der Waals surface area contributed by atoms with Crippen molar-refractivity contribution in [2.75, 3.05) is 0 Å². The van der Waals surface area contributed by atoms with Gasteiger partial charge in [-0.2, -0.15) is 0 Å². The summed E-state index contributed by atoms with van der Waals surface area (Å²) in [5.41, 5.74) is 5.35. The van der Waals surface area contributed by atoms with Gasteiger partial charge in [0.25, 0.3) is 0 Å². The molecule has 0 saturated carbocycles. The topological polar surface area (TPSA) is 17.1 Å². The predicted molar refractivity (Wildman–Crippen MR) is 127 cm³/mol. The predicted octanol–water partition coefficient (Wildman–Crippen LogP) is 7.03. The molecule has 0 amide bonds. The van der Waals surface area contributed by atoms with E-state index in [0.29, 0.717) is 0 Å². The minimum absolute atomic E-state index is 0.141. The first-order valence-corrected chi connectivity index (χ1v) is 13.5. The standard InChI is InChI=1S/C23H20OS4/c24-23-21-9-1-2-10-22(23)26-14-18-6-4-8-20(12-18)16-28-27-15-19-7-3-5-17(11-19)13-25-21/h1-12H,13-16H2. The van der Waals surface area contributed by atoms with Crippen molar-refractivity contribution in [2.24, 2.45) is 0 Å². The van der Waals surface area contributed by atoms with Crippen molar-refractivity contribution in [3.05, 3.63) is 105 Å². The average Bonchev–Trinajstić information content (AvgIpc) is 2.89. The highest BCUT2D eigenvalue weighted by Crippen LogP contribution is 2.31. The molecule has 6 bridgehead atoms. The van der Waals surface area contributed by atoms with Crippen LogP contribution in [0.25, 0.3) is 0 Å². The van der Waals surface area contributed by atoms with Gasteiger partial charge in [-0.3, -0.25) is 4.79 Å². The largest absolute Gasteiger partial charge is 0.287 e. The number of benzene rings is 2. The number of thioether (sulfide) groups is 2. The number of hydrogen-bond acceptors (Lipinski definition) is 5. The first-order chi connectivity index (χ1) is 13.8. The summed E-state index contributed by atoms with van der Waals surface area (Å²) in [6.07, 6.45) is 0. The van der Waals surface area contributed by atoms with E-state index in [4.69, 9.17) is 0 Å². The van der Waals surface area contributed by atoms with Crippen LogP contribution in [0.2, 0.25) is 0 Å². The molecule has 1 nitrogen and oxygen atoms in total. The summed E-state index contributed by atoms with van der Waals surface area (Å²) in [6, 6.07) is 25.3. The lowest BCUT2D eigenvalue weighted by atomic mass is 10.2. The van der Waals surface area contributed by atoms with Gasteiger partial charge in [-0.1, -0.05) is 82.3 Å². The maximum atomic E-state index is 13.0. The zero-order chi connectivity index (χ0) is 19.2. The molecular weight excluding hydrogens is 421 g/mol. The normalized spacial score (nSPS) is 14.9. The minimum atomic E-state index is 0.141. The number of hydrogen-bond donors (Lipinski definition) is 0. The SMILES string of the molecule is O=c1c2ccccc1SCc1cccc(c1)CSSCc1cccc(c1)CS2. The van der Waals surface area contributed by atoms with Crippen molar-refractivity contribution in [2.45, 2.75) is 32.8 Å². The molecule has 0 saturated heterocycles. The van der Waals surface area contributed by atoms with Crippen molar-refractivity contribution in [3.8, 4) is 0 Å². The molecule has 0 aliphatic carbocycles. The van der Waals surface area contributed by atoms with Crippen LogP contribution in [-0.2, 0) is 23.0 Å². The Morgan fingerprint density at radius 2 is 0.964 bits per heavy atom. The van der Waals surface area contributed by atoms with E-state index in [2.05, 4.69) is 48.5 Å². The van der Waals surface area contributed by atoms with Crippen molar-refractivity contribution in [1.29, 1.82) is 0 Å². The van der Waals surface area contributed by atoms with Gasteiger partial charge in [0.1, 0.15) is 0 Å². The van der Waals surface area contributed by atoms with Crippen LogP contribution in [0.5, 0.6) is 0 Å². The molecule has 28 heavy (non-hydrogen) atoms. The smallest absolute Gasteiger partial charge is 0.205 e. The Morgan fingerprint density at radius 3 is 1.43 bits per heavy atom. The molecule has 1 heterocycles. The quantitative estimate of drug-likeness (QED) is 0.348. The molecule has 0 fully saturated rings. The second kappa shape index (κ2) is 9.97. The molecule has 1 aliphatic rings. The first kappa shape index (κ1) is 20.0. The van der Waals surface area contributed by atoms with Crippen LogP contribution >= 0.6 is 45.1 Å². The lowest BCUT2D eigenvalue weighted by Crippen LogP contribution is -2.03. The third kappa shape index (κ3) is 5.41. The van der Waals surface area contributed by atoms with Crippen molar-refractivity contribution < 1.29 is 0 Å². The van der Waals surface area contributed by atoms with Gasteiger partial charge >= 0.3 is 0 Å². The summed E-state index contributed by atoms with van der Waals surface area (Å²) in [5.74, 6) is 3.62. The van der Waals surface area contributed by atoms with Gasteiger partial charge in [0.05, 0.1) is 9.79 Å². The molecule has 0 unspecified atom stereocenters. The van der Waals surface area contributed by atoms with Crippen LogP contribution < -0.4 is 5.43 Å². The third-order valence-electron chi connectivity index (χ3n) is 4.36. The second-order valence-corrected chi connectivity index (χ2v) is 11.0. The molecule has 0 N–H and O–H groups in total. The monoisotopic (exact) mass is 440 g/mol. The maximum absolute atomic E-state index is 13.0. The molecule has 5 heteroatoms. The number of rotatable bonds is 0. The van der Waals surface area contributed by atoms with Crippen LogP contribution in [0.3, 0.4) is 0 Å². The maximum Gasteiger partial charge on any atom is 0.205 e. The van der Waals surface area contributed by atoms with E-state index < -0.39 is 0 Å². The molecule has 0 radical (unpaired) electrons. The molecule has 0 aromatic heterocycles. The van der Waals surface area contributed by atoms with Crippen LogP contribution in [0.1, 0.15) is 22.3 Å². The highest BCUT2D eigenvalue weighted by Gasteiger charge is 2.08. The Bertz CT molecular complexity index is 940. The van der Waals surface area contributed by atoms with E-state index >= 15 is 0 Å². The van der Waals surface area contributed by atoms with Crippen LogP contribution in [0.4, 0.5) is 0 Å². The summed E-state index contributed by atoms with van der Waals surface area (Å²) >= 11 is 3.27. The van der Waals surface area contributed by atoms with Gasteiger partial charge < -0.3 is 0 Å². The van der Waals surface area contributed by atoms with Gasteiger partial charge in [-0.05, 0) is 34.4 Å². The summed E-state index contributed by atoms with van der Waals surface area (Å²) in [5, 5.41) is 0. The van der Waals surface area contributed by atoms with Crippen molar-refractivity contribution in [1.82, 2.24) is 0 Å². The third-order valence-corrected chi connectivity index (χ3v) is 8.86. The Morgan fingerprint density at radius 1 is 0.536 bits per heavy atom. The molecule has 3 aromatic carbocycles. The van der Waals surface area contributed by atoms with Crippen molar-refractivity contribution >= 4 is 45.1 Å². The molecule has 1 aliphatic heterocycles. The van der Waals surface area contributed by atoms with Gasteiger partial charge in [0.15, 0.2) is 0 Å². The van der Waals surface area contributed by atoms with Crippen LogP contribution in [0.15, 0.2) is 87.4 Å². The van der Waals surface area contributed by atoms with E-state index in [9.17, 15) is 4.79 Å². The van der Waals surface area contributed by atoms with E-state index in [0.717, 1.165) is 32.8 Å². The summed E-state index contributed by atoms with van der Waals surface area (Å²) < 4.78 is 0. The Labute approximate surface area is 182 Å². The zero-order valence-electron chi connectivity index (χ0n) is 15.3. The summed E-state index contributed by atoms with van der Waals surface area (Å²) in [6.45, 7) is 0. The molecule has 142 valence electrons. The fraction of sp³-hybridized carbons (Fsp3) is 0.174. The molecule has 4 rings (SSSR count). The molecule has 0 atom stereocenters. The zero-order valence-corrected chi connectivity index (χ0v) is 18.6. The first-order valence-electron chi connectivity index (χ1n) is 9.07. The fourth-order valence-electron chi connectivity index (χ4n) is 2.95. The minimum Gasteiger partial charge on any atom is -0.287 e. The lowest BCUT2D eigenvalue weighted by molar-refractivity contribution is 1.26. The van der Waals surface area contributed by atoms with Gasteiger partial charge in [0.2, 0.25) is 5.43 Å². The van der Waals surface area contributed by atoms with Crippen molar-refractivity contribution in [3.63, 3.8) is 0 Å². The van der Waals surface area contributed by atoms with Gasteiger partial charge in [0, 0.05) is 23.0 Å². The fourth-order valence-corrected chi connectivity index (χ4v) is 6.96. The highest BCUT2D eigenvalue weighted by atomic mass is 33.1. The number of fused-ring (bicyclic) bond motifs is 6. The second-order valence-electron chi connectivity index (χ2n) is 6.52. The van der Waals surface area contributed by atoms with E-state index in [1.165, 1.54) is 22.3 Å². The molecule has 0 spiro atoms. The van der Waals surface area contributed by atoms with Crippen LogP contribution in [-0.4, -0.2) is 0 Å². The Kier molecular flexibility index (Phi) is 7.13. The Hall–Kier alpha value is -1.27. The Balaban J connectivity index is 1.67. The van der Waals surface area contributed by atoms with E-state index in [1.807, 2.05) is 45.9 Å².